The van der Waals surface area contributed by atoms with Crippen LogP contribution in [0.25, 0.3) is 11.4 Å². The fourth-order valence-electron chi connectivity index (χ4n) is 2.06. The molecule has 0 atom stereocenters. The molecule has 0 saturated carbocycles. The first-order valence-corrected chi connectivity index (χ1v) is 8.29. The zero-order valence-electron chi connectivity index (χ0n) is 12.5. The highest BCUT2D eigenvalue weighted by Gasteiger charge is 2.38. The maximum atomic E-state index is 13.7. The molecule has 0 fully saturated rings. The van der Waals surface area contributed by atoms with Crippen molar-refractivity contribution in [2.24, 2.45) is 0 Å². The van der Waals surface area contributed by atoms with E-state index in [0.717, 1.165) is 36.4 Å². The molecule has 0 unspecified atom stereocenters. The third-order valence-electron chi connectivity index (χ3n) is 3.27. The minimum atomic E-state index is -4.81. The second-order valence-corrected chi connectivity index (χ2v) is 6.94. The van der Waals surface area contributed by atoms with Crippen molar-refractivity contribution in [3.63, 3.8) is 0 Å². The largest absolute Gasteiger partial charge is 0.471 e. The highest BCUT2D eigenvalue weighted by atomic mass is 32.2. The molecule has 0 bridgehead atoms. The smallest absolute Gasteiger partial charge is 0.329 e. The van der Waals surface area contributed by atoms with Crippen molar-refractivity contribution in [3.8, 4) is 11.4 Å². The fourth-order valence-corrected chi connectivity index (χ4v) is 3.37. The maximum absolute atomic E-state index is 13.7. The first-order valence-electron chi connectivity index (χ1n) is 6.80. The van der Waals surface area contributed by atoms with Gasteiger partial charge in [0, 0.05) is 11.6 Å². The summed E-state index contributed by atoms with van der Waals surface area (Å²) in [5, 5.41) is 3.17. The minimum Gasteiger partial charge on any atom is -0.329 e. The van der Waals surface area contributed by atoms with Gasteiger partial charge in [-0.05, 0) is 36.4 Å². The molecule has 1 heterocycles. The third kappa shape index (κ3) is 3.29. The summed E-state index contributed by atoms with van der Waals surface area (Å²) in [5.41, 5.74) is 0.0581. The first kappa shape index (κ1) is 18.0. The zero-order valence-corrected chi connectivity index (χ0v) is 13.3. The molecule has 2 aromatic carbocycles. The molecule has 5 nitrogen and oxygen atoms in total. The van der Waals surface area contributed by atoms with Crippen LogP contribution in [0, 0.1) is 11.6 Å². The monoisotopic (exact) mass is 390 g/mol. The van der Waals surface area contributed by atoms with Crippen LogP contribution in [-0.4, -0.2) is 18.6 Å². The van der Waals surface area contributed by atoms with Gasteiger partial charge in [-0.25, -0.2) is 17.2 Å². The van der Waals surface area contributed by atoms with Gasteiger partial charge in [0.15, 0.2) is 0 Å². The molecule has 3 rings (SSSR count). The van der Waals surface area contributed by atoms with Crippen LogP contribution in [0.1, 0.15) is 5.89 Å². The van der Waals surface area contributed by atoms with E-state index >= 15 is 0 Å². The van der Waals surface area contributed by atoms with Crippen LogP contribution >= 0.6 is 0 Å². The summed E-state index contributed by atoms with van der Waals surface area (Å²) in [6.45, 7) is 0. The fraction of sp³-hybridized carbons (Fsp3) is 0.0667. The van der Waals surface area contributed by atoms with Crippen LogP contribution in [0.5, 0.6) is 0 Å². The molecule has 0 amide bonds. The number of aromatic nitrogens is 2. The van der Waals surface area contributed by atoms with E-state index in [0.29, 0.717) is 6.07 Å². The normalized spacial score (nSPS) is 12.3. The lowest BCUT2D eigenvalue weighted by Crippen LogP contribution is -2.05. The van der Waals surface area contributed by atoms with Gasteiger partial charge in [0.1, 0.15) is 16.5 Å². The Bertz CT molecular complexity index is 1060. The van der Waals surface area contributed by atoms with Gasteiger partial charge in [-0.2, -0.15) is 18.2 Å². The molecule has 0 aliphatic carbocycles. The van der Waals surface area contributed by atoms with Crippen LogP contribution in [0.15, 0.2) is 56.8 Å². The Morgan fingerprint density at radius 1 is 0.962 bits per heavy atom. The van der Waals surface area contributed by atoms with Crippen molar-refractivity contribution in [1.82, 2.24) is 10.1 Å². The van der Waals surface area contributed by atoms with E-state index in [2.05, 4.69) is 14.7 Å². The van der Waals surface area contributed by atoms with Gasteiger partial charge in [0.25, 0.3) is 0 Å². The molecule has 26 heavy (non-hydrogen) atoms. The van der Waals surface area contributed by atoms with Crippen molar-refractivity contribution in [2.75, 3.05) is 0 Å². The van der Waals surface area contributed by atoms with Crippen LogP contribution in [0.2, 0.25) is 0 Å². The van der Waals surface area contributed by atoms with E-state index in [1.165, 1.54) is 0 Å². The number of hydrogen-bond acceptors (Lipinski definition) is 5. The molecule has 1 aromatic heterocycles. The number of nitrogens with zero attached hydrogens (tertiary/aromatic N) is 2. The van der Waals surface area contributed by atoms with E-state index in [9.17, 15) is 30.4 Å². The molecular formula is C15H7F5N2O3S. The van der Waals surface area contributed by atoms with Gasteiger partial charge in [-0.1, -0.05) is 5.16 Å². The van der Waals surface area contributed by atoms with E-state index < -0.39 is 44.3 Å². The number of halogens is 5. The molecule has 0 aliphatic rings. The van der Waals surface area contributed by atoms with E-state index in [1.54, 1.807) is 0 Å². The lowest BCUT2D eigenvalue weighted by Gasteiger charge is -2.06. The third-order valence-corrected chi connectivity index (χ3v) is 5.08. The highest BCUT2D eigenvalue weighted by molar-refractivity contribution is 7.91. The number of rotatable bonds is 3. The van der Waals surface area contributed by atoms with Crippen LogP contribution in [0.4, 0.5) is 22.0 Å². The lowest BCUT2D eigenvalue weighted by atomic mass is 10.2. The molecule has 0 saturated heterocycles. The van der Waals surface area contributed by atoms with Crippen molar-refractivity contribution in [2.45, 2.75) is 16.0 Å². The molecule has 136 valence electrons. The molecule has 3 aromatic rings. The minimum absolute atomic E-state index is 0.0581. The molecule has 0 aliphatic heterocycles. The summed E-state index contributed by atoms with van der Waals surface area (Å²) in [7, 11) is -4.29. The Balaban J connectivity index is 1.95. The average Bonchev–Trinajstić information content (AvgIpc) is 3.05. The Morgan fingerprint density at radius 3 is 2.15 bits per heavy atom. The Morgan fingerprint density at radius 2 is 1.62 bits per heavy atom. The summed E-state index contributed by atoms with van der Waals surface area (Å²) in [6.07, 6.45) is -4.81. The summed E-state index contributed by atoms with van der Waals surface area (Å²) >= 11 is 0. The number of alkyl halides is 3. The second-order valence-electron chi connectivity index (χ2n) is 5.02. The van der Waals surface area contributed by atoms with Gasteiger partial charge in [-0.3, -0.25) is 0 Å². The number of benzene rings is 2. The van der Waals surface area contributed by atoms with Gasteiger partial charge in [-0.15, -0.1) is 0 Å². The van der Waals surface area contributed by atoms with Crippen molar-refractivity contribution < 1.29 is 34.9 Å². The van der Waals surface area contributed by atoms with Crippen molar-refractivity contribution in [3.05, 3.63) is 60.0 Å². The predicted molar refractivity (Wildman–Crippen MR) is 76.5 cm³/mol. The molecule has 0 spiro atoms. The standard InChI is InChI=1S/C15H7F5N2O3S/c16-9-3-6-12(11(17)7-9)26(23,24)10-4-1-8(2-5-10)13-21-14(25-22-13)15(18,19)20/h1-7H. The maximum Gasteiger partial charge on any atom is 0.471 e. The summed E-state index contributed by atoms with van der Waals surface area (Å²) < 4.78 is 92.9. The van der Waals surface area contributed by atoms with Crippen LogP contribution in [-0.2, 0) is 16.0 Å². The second kappa shape index (κ2) is 6.16. The molecule has 11 heteroatoms. The van der Waals surface area contributed by atoms with E-state index in [1.807, 2.05) is 0 Å². The average molecular weight is 390 g/mol. The Kier molecular flexibility index (Phi) is 4.26. The van der Waals surface area contributed by atoms with Crippen molar-refractivity contribution in [1.29, 1.82) is 0 Å². The Hall–Kier alpha value is -2.82. The van der Waals surface area contributed by atoms with Gasteiger partial charge < -0.3 is 4.52 Å². The quantitative estimate of drug-likeness (QED) is 0.502. The van der Waals surface area contributed by atoms with Crippen LogP contribution in [0.3, 0.4) is 0 Å². The van der Waals surface area contributed by atoms with Gasteiger partial charge in [0.2, 0.25) is 15.7 Å². The predicted octanol–water partition coefficient (Wildman–Crippen LogP) is 3.87. The Labute approximate surface area is 143 Å². The van der Waals surface area contributed by atoms with Gasteiger partial charge in [0.05, 0.1) is 4.90 Å². The SMILES string of the molecule is O=S(=O)(c1ccc(-c2noc(C(F)(F)F)n2)cc1)c1ccc(F)cc1F. The molecule has 0 N–H and O–H groups in total. The van der Waals surface area contributed by atoms with Gasteiger partial charge >= 0.3 is 12.1 Å². The summed E-state index contributed by atoms with van der Waals surface area (Å²) in [5.74, 6) is -4.14. The highest BCUT2D eigenvalue weighted by Crippen LogP contribution is 2.30. The summed E-state index contributed by atoms with van der Waals surface area (Å²) in [4.78, 5) is 2.10. The summed E-state index contributed by atoms with van der Waals surface area (Å²) in [6, 6.07) is 6.36. The topological polar surface area (TPSA) is 73.1 Å². The number of hydrogen-bond donors (Lipinski definition) is 0. The zero-order chi connectivity index (χ0) is 19.1. The van der Waals surface area contributed by atoms with E-state index in [4.69, 9.17) is 0 Å². The molecular weight excluding hydrogens is 383 g/mol. The lowest BCUT2D eigenvalue weighted by molar-refractivity contribution is -0.159. The van der Waals surface area contributed by atoms with Crippen LogP contribution < -0.4 is 0 Å². The molecule has 0 radical (unpaired) electrons. The number of sulfone groups is 1. The van der Waals surface area contributed by atoms with E-state index in [-0.39, 0.29) is 10.5 Å². The van der Waals surface area contributed by atoms with Crippen molar-refractivity contribution >= 4 is 9.84 Å². The first-order chi connectivity index (χ1) is 12.1.